The molecule has 0 saturated carbocycles. The SMILES string of the molecule is CC(=O)c1ccc(CCNC(=O)c2cncc(Br)c2)s1. The van der Waals surface area contributed by atoms with Crippen molar-refractivity contribution in [3.8, 4) is 0 Å². The Morgan fingerprint density at radius 1 is 1.35 bits per heavy atom. The van der Waals surface area contributed by atoms with Gasteiger partial charge in [-0.1, -0.05) is 0 Å². The van der Waals surface area contributed by atoms with Crippen LogP contribution in [0.3, 0.4) is 0 Å². The highest BCUT2D eigenvalue weighted by Gasteiger charge is 2.07. The number of rotatable bonds is 5. The molecular weight excluding hydrogens is 340 g/mol. The number of carbonyl (C=O) groups excluding carboxylic acids is 2. The van der Waals surface area contributed by atoms with Crippen LogP contribution < -0.4 is 5.32 Å². The molecule has 0 aliphatic heterocycles. The van der Waals surface area contributed by atoms with Crippen molar-refractivity contribution >= 4 is 39.0 Å². The molecule has 0 aliphatic carbocycles. The van der Waals surface area contributed by atoms with Crippen molar-refractivity contribution in [2.24, 2.45) is 0 Å². The Bertz CT molecular complexity index is 640. The molecule has 1 amide bonds. The van der Waals surface area contributed by atoms with E-state index in [0.29, 0.717) is 18.5 Å². The minimum absolute atomic E-state index is 0.0745. The van der Waals surface area contributed by atoms with E-state index in [2.05, 4.69) is 26.2 Å². The van der Waals surface area contributed by atoms with Gasteiger partial charge in [0.2, 0.25) is 0 Å². The third-order valence-electron chi connectivity index (χ3n) is 2.63. The van der Waals surface area contributed by atoms with Crippen molar-refractivity contribution in [3.63, 3.8) is 0 Å². The van der Waals surface area contributed by atoms with E-state index in [1.807, 2.05) is 12.1 Å². The molecule has 2 aromatic heterocycles. The van der Waals surface area contributed by atoms with Crippen LogP contribution in [0.1, 0.15) is 31.8 Å². The fourth-order valence-corrected chi connectivity index (χ4v) is 2.91. The second-order valence-electron chi connectivity index (χ2n) is 4.22. The van der Waals surface area contributed by atoms with Crippen LogP contribution in [0.25, 0.3) is 0 Å². The molecule has 0 fully saturated rings. The minimum atomic E-state index is -0.151. The van der Waals surface area contributed by atoms with Gasteiger partial charge in [0, 0.05) is 28.3 Å². The lowest BCUT2D eigenvalue weighted by Gasteiger charge is -2.04. The molecule has 0 radical (unpaired) electrons. The van der Waals surface area contributed by atoms with Gasteiger partial charge in [0.1, 0.15) is 0 Å². The summed E-state index contributed by atoms with van der Waals surface area (Å²) >= 11 is 4.75. The number of thiophene rings is 1. The zero-order valence-electron chi connectivity index (χ0n) is 10.9. The molecule has 6 heteroatoms. The Labute approximate surface area is 129 Å². The van der Waals surface area contributed by atoms with Gasteiger partial charge in [-0.05, 0) is 47.5 Å². The van der Waals surface area contributed by atoms with E-state index in [4.69, 9.17) is 0 Å². The summed E-state index contributed by atoms with van der Waals surface area (Å²) in [6, 6.07) is 5.47. The number of carbonyl (C=O) groups is 2. The van der Waals surface area contributed by atoms with E-state index in [1.165, 1.54) is 17.5 Å². The predicted molar refractivity (Wildman–Crippen MR) is 82.3 cm³/mol. The van der Waals surface area contributed by atoms with Crippen LogP contribution in [0.5, 0.6) is 0 Å². The highest BCUT2D eigenvalue weighted by atomic mass is 79.9. The van der Waals surface area contributed by atoms with Crippen LogP contribution in [0, 0.1) is 0 Å². The molecule has 0 aliphatic rings. The topological polar surface area (TPSA) is 59.1 Å². The highest BCUT2D eigenvalue weighted by Crippen LogP contribution is 2.17. The van der Waals surface area contributed by atoms with Crippen LogP contribution in [0.2, 0.25) is 0 Å². The molecule has 104 valence electrons. The Morgan fingerprint density at radius 3 is 2.80 bits per heavy atom. The number of hydrogen-bond donors (Lipinski definition) is 1. The van der Waals surface area contributed by atoms with Crippen molar-refractivity contribution in [1.82, 2.24) is 10.3 Å². The van der Waals surface area contributed by atoms with Crippen LogP contribution in [-0.2, 0) is 6.42 Å². The number of nitrogens with one attached hydrogen (secondary N) is 1. The summed E-state index contributed by atoms with van der Waals surface area (Å²) in [5.41, 5.74) is 0.523. The van der Waals surface area contributed by atoms with Crippen molar-refractivity contribution < 1.29 is 9.59 Å². The molecular formula is C14H13BrN2O2S. The first-order valence-corrected chi connectivity index (χ1v) is 7.65. The van der Waals surface area contributed by atoms with Crippen LogP contribution in [0.15, 0.2) is 35.1 Å². The van der Waals surface area contributed by atoms with Gasteiger partial charge in [0.05, 0.1) is 10.4 Å². The second kappa shape index (κ2) is 6.76. The zero-order chi connectivity index (χ0) is 14.5. The number of pyridine rings is 1. The largest absolute Gasteiger partial charge is 0.352 e. The standard InChI is InChI=1S/C14H13BrN2O2S/c1-9(18)13-3-2-12(20-13)4-5-17-14(19)10-6-11(15)8-16-7-10/h2-3,6-8H,4-5H2,1H3,(H,17,19). The van der Waals surface area contributed by atoms with E-state index in [9.17, 15) is 9.59 Å². The van der Waals surface area contributed by atoms with Gasteiger partial charge in [-0.15, -0.1) is 11.3 Å². The van der Waals surface area contributed by atoms with Crippen molar-refractivity contribution in [1.29, 1.82) is 0 Å². The number of aromatic nitrogens is 1. The van der Waals surface area contributed by atoms with Gasteiger partial charge in [-0.25, -0.2) is 0 Å². The van der Waals surface area contributed by atoms with E-state index in [1.54, 1.807) is 19.2 Å². The monoisotopic (exact) mass is 352 g/mol. The maximum Gasteiger partial charge on any atom is 0.252 e. The molecule has 4 nitrogen and oxygen atoms in total. The number of hydrogen-bond acceptors (Lipinski definition) is 4. The number of amides is 1. The quantitative estimate of drug-likeness (QED) is 0.841. The van der Waals surface area contributed by atoms with Gasteiger partial charge < -0.3 is 5.32 Å². The second-order valence-corrected chi connectivity index (χ2v) is 6.30. The van der Waals surface area contributed by atoms with Gasteiger partial charge in [0.15, 0.2) is 5.78 Å². The Morgan fingerprint density at radius 2 is 2.15 bits per heavy atom. The van der Waals surface area contributed by atoms with Crippen molar-refractivity contribution in [2.45, 2.75) is 13.3 Å². The normalized spacial score (nSPS) is 10.3. The molecule has 0 atom stereocenters. The number of halogens is 1. The van der Waals surface area contributed by atoms with Gasteiger partial charge in [-0.2, -0.15) is 0 Å². The van der Waals surface area contributed by atoms with Gasteiger partial charge in [0.25, 0.3) is 5.91 Å². The molecule has 0 bridgehead atoms. The molecule has 0 spiro atoms. The average molecular weight is 353 g/mol. The lowest BCUT2D eigenvalue weighted by molar-refractivity contribution is 0.0952. The highest BCUT2D eigenvalue weighted by molar-refractivity contribution is 9.10. The molecule has 0 aromatic carbocycles. The first-order chi connectivity index (χ1) is 9.56. The van der Waals surface area contributed by atoms with E-state index >= 15 is 0 Å². The minimum Gasteiger partial charge on any atom is -0.352 e. The number of ketones is 1. The van der Waals surface area contributed by atoms with Crippen LogP contribution in [0.4, 0.5) is 0 Å². The maximum absolute atomic E-state index is 11.9. The summed E-state index contributed by atoms with van der Waals surface area (Å²) < 4.78 is 0.773. The predicted octanol–water partition coefficient (Wildman–Crippen LogP) is 3.08. The summed E-state index contributed by atoms with van der Waals surface area (Å²) in [5, 5.41) is 2.84. The summed E-state index contributed by atoms with van der Waals surface area (Å²) in [6.07, 6.45) is 3.87. The smallest absolute Gasteiger partial charge is 0.252 e. The average Bonchev–Trinajstić information content (AvgIpc) is 2.87. The van der Waals surface area contributed by atoms with Crippen molar-refractivity contribution in [3.05, 3.63) is 50.4 Å². The van der Waals surface area contributed by atoms with E-state index in [0.717, 1.165) is 14.2 Å². The number of Topliss-reactive ketones (excluding diaryl/α,β-unsaturated/α-hetero) is 1. The maximum atomic E-state index is 11.9. The van der Waals surface area contributed by atoms with Crippen LogP contribution >= 0.6 is 27.3 Å². The zero-order valence-corrected chi connectivity index (χ0v) is 13.3. The lowest BCUT2D eigenvalue weighted by atomic mass is 10.2. The summed E-state index contributed by atoms with van der Waals surface area (Å²) in [6.45, 7) is 2.08. The molecule has 0 unspecified atom stereocenters. The summed E-state index contributed by atoms with van der Waals surface area (Å²) in [4.78, 5) is 28.9. The molecule has 0 saturated heterocycles. The van der Waals surface area contributed by atoms with E-state index < -0.39 is 0 Å². The number of nitrogens with zero attached hydrogens (tertiary/aromatic N) is 1. The Hall–Kier alpha value is -1.53. The third kappa shape index (κ3) is 3.98. The molecule has 2 rings (SSSR count). The Kier molecular flexibility index (Phi) is 5.03. The molecule has 2 heterocycles. The fraction of sp³-hybridized carbons (Fsp3) is 0.214. The van der Waals surface area contributed by atoms with Gasteiger partial charge in [-0.3, -0.25) is 14.6 Å². The first kappa shape index (κ1) is 14.9. The van der Waals surface area contributed by atoms with Crippen LogP contribution in [-0.4, -0.2) is 23.2 Å². The van der Waals surface area contributed by atoms with Gasteiger partial charge >= 0.3 is 0 Å². The third-order valence-corrected chi connectivity index (χ3v) is 4.31. The summed E-state index contributed by atoms with van der Waals surface area (Å²) in [5.74, 6) is -0.0763. The summed E-state index contributed by atoms with van der Waals surface area (Å²) in [7, 11) is 0. The Balaban J connectivity index is 1.86. The first-order valence-electron chi connectivity index (χ1n) is 6.04. The fourth-order valence-electron chi connectivity index (χ4n) is 1.64. The molecule has 1 N–H and O–H groups in total. The lowest BCUT2D eigenvalue weighted by Crippen LogP contribution is -2.25. The van der Waals surface area contributed by atoms with Crippen molar-refractivity contribution in [2.75, 3.05) is 6.54 Å². The molecule has 20 heavy (non-hydrogen) atoms. The van der Waals surface area contributed by atoms with E-state index in [-0.39, 0.29) is 11.7 Å². The molecule has 2 aromatic rings.